The highest BCUT2D eigenvalue weighted by atomic mass is 31.2. The number of methoxy groups -OCH3 is 1. The van der Waals surface area contributed by atoms with Crippen molar-refractivity contribution in [3.63, 3.8) is 0 Å². The van der Waals surface area contributed by atoms with Crippen molar-refractivity contribution in [1.29, 1.82) is 0 Å². The van der Waals surface area contributed by atoms with Crippen LogP contribution in [0.2, 0.25) is 0 Å². The van der Waals surface area contributed by atoms with E-state index in [0.29, 0.717) is 22.3 Å². The van der Waals surface area contributed by atoms with Crippen molar-refractivity contribution in [3.8, 4) is 17.0 Å². The lowest BCUT2D eigenvalue weighted by molar-refractivity contribution is 0.150. The van der Waals surface area contributed by atoms with Gasteiger partial charge in [-0.1, -0.05) is 6.07 Å². The fraction of sp³-hybridized carbons (Fsp3) is 0.389. The summed E-state index contributed by atoms with van der Waals surface area (Å²) in [7, 11) is -1.98. The Labute approximate surface area is 143 Å². The van der Waals surface area contributed by atoms with Crippen LogP contribution in [0.4, 0.5) is 0 Å². The molecule has 5 nitrogen and oxygen atoms in total. The predicted molar refractivity (Wildman–Crippen MR) is 95.9 cm³/mol. The molecule has 0 aliphatic carbocycles. The van der Waals surface area contributed by atoms with Crippen LogP contribution in [-0.2, 0) is 13.6 Å². The number of benzene rings is 1. The van der Waals surface area contributed by atoms with Crippen LogP contribution in [0, 0.1) is 0 Å². The third-order valence-electron chi connectivity index (χ3n) is 3.14. The first-order valence-corrected chi connectivity index (χ1v) is 9.47. The monoisotopic (exact) mass is 349 g/mol. The Morgan fingerprint density at radius 1 is 1.00 bits per heavy atom. The molecule has 0 saturated carbocycles. The minimum atomic E-state index is -3.55. The first-order chi connectivity index (χ1) is 11.4. The quantitative estimate of drug-likeness (QED) is 0.692. The van der Waals surface area contributed by atoms with Crippen LogP contribution in [0.25, 0.3) is 11.3 Å². The molecule has 0 N–H and O–H groups in total. The van der Waals surface area contributed by atoms with Crippen molar-refractivity contribution in [2.45, 2.75) is 39.9 Å². The lowest BCUT2D eigenvalue weighted by Crippen LogP contribution is -2.19. The maximum atomic E-state index is 13.6. The number of rotatable bonds is 7. The number of pyridine rings is 1. The second-order valence-corrected chi connectivity index (χ2v) is 7.80. The molecule has 0 aliphatic rings. The predicted octanol–water partition coefficient (Wildman–Crippen LogP) is 4.43. The van der Waals surface area contributed by atoms with Gasteiger partial charge in [-0.3, -0.25) is 9.55 Å². The molecular formula is C18H24NO4P. The number of hydrogen-bond acceptors (Lipinski definition) is 5. The van der Waals surface area contributed by atoms with Crippen LogP contribution in [0.5, 0.6) is 5.75 Å². The normalized spacial score (nSPS) is 12.0. The molecule has 1 aromatic carbocycles. The van der Waals surface area contributed by atoms with Crippen LogP contribution in [0.15, 0.2) is 42.6 Å². The van der Waals surface area contributed by atoms with Gasteiger partial charge in [0.25, 0.3) is 0 Å². The van der Waals surface area contributed by atoms with Gasteiger partial charge in [-0.2, -0.15) is 0 Å². The average molecular weight is 349 g/mol. The van der Waals surface area contributed by atoms with Crippen molar-refractivity contribution >= 4 is 12.9 Å². The largest absolute Gasteiger partial charge is 0.497 e. The Bertz CT molecular complexity index is 702. The topological polar surface area (TPSA) is 57.7 Å². The average Bonchev–Trinajstić information content (AvgIpc) is 2.53. The second-order valence-electron chi connectivity index (χ2n) is 5.90. The molecule has 0 aliphatic heterocycles. The Morgan fingerprint density at radius 3 is 2.17 bits per heavy atom. The number of nitrogens with zero attached hydrogens (tertiary/aromatic N) is 1. The molecule has 0 saturated heterocycles. The molecule has 24 heavy (non-hydrogen) atoms. The van der Waals surface area contributed by atoms with E-state index < -0.39 is 7.60 Å². The summed E-state index contributed by atoms with van der Waals surface area (Å²) in [5.41, 5.74) is 1.41. The van der Waals surface area contributed by atoms with E-state index in [4.69, 9.17) is 13.8 Å². The summed E-state index contributed by atoms with van der Waals surface area (Å²) in [6.45, 7) is 7.32. The summed E-state index contributed by atoms with van der Waals surface area (Å²) in [4.78, 5) is 4.36. The third-order valence-corrected chi connectivity index (χ3v) is 5.50. The Kier molecular flexibility index (Phi) is 6.16. The fourth-order valence-corrected chi connectivity index (χ4v) is 4.45. The zero-order valence-corrected chi connectivity index (χ0v) is 15.6. The molecule has 0 amide bonds. The van der Waals surface area contributed by atoms with Crippen LogP contribution in [-0.4, -0.2) is 24.3 Å². The maximum absolute atomic E-state index is 13.6. The highest BCUT2D eigenvalue weighted by molar-refractivity contribution is 7.62. The summed E-state index contributed by atoms with van der Waals surface area (Å²) in [6.07, 6.45) is 1.19. The van der Waals surface area contributed by atoms with E-state index in [2.05, 4.69) is 4.98 Å². The molecule has 0 unspecified atom stereocenters. The fourth-order valence-electron chi connectivity index (χ4n) is 2.30. The van der Waals surface area contributed by atoms with Gasteiger partial charge in [0, 0.05) is 11.8 Å². The van der Waals surface area contributed by atoms with Crippen molar-refractivity contribution in [1.82, 2.24) is 4.98 Å². The van der Waals surface area contributed by atoms with Gasteiger partial charge in [-0.15, -0.1) is 0 Å². The van der Waals surface area contributed by atoms with Gasteiger partial charge in [0.2, 0.25) is 0 Å². The first kappa shape index (κ1) is 18.7. The van der Waals surface area contributed by atoms with E-state index >= 15 is 0 Å². The summed E-state index contributed by atoms with van der Waals surface area (Å²) in [6, 6.07) is 10.9. The SMILES string of the molecule is COc1ccc(-c2ccccn2)c(P(=O)(OC(C)C)OC(C)C)c1. The molecule has 0 atom stereocenters. The molecule has 0 bridgehead atoms. The van der Waals surface area contributed by atoms with Crippen LogP contribution in [0.3, 0.4) is 0 Å². The standard InChI is InChI=1S/C18H24NO4P/c1-13(2)22-24(20,23-14(3)4)18-12-15(21-5)9-10-16(18)17-8-6-7-11-19-17/h6-14H,1-5H3. The molecule has 1 aromatic heterocycles. The smallest absolute Gasteiger partial charge is 0.362 e. The highest BCUT2D eigenvalue weighted by Gasteiger charge is 2.34. The van der Waals surface area contributed by atoms with E-state index in [1.807, 2.05) is 58.0 Å². The Hall–Kier alpha value is -1.68. The summed E-state index contributed by atoms with van der Waals surface area (Å²) in [5, 5.41) is 0.461. The third kappa shape index (κ3) is 4.44. The van der Waals surface area contributed by atoms with Gasteiger partial charge >= 0.3 is 7.60 Å². The maximum Gasteiger partial charge on any atom is 0.362 e. The molecule has 2 rings (SSSR count). The minimum absolute atomic E-state index is 0.252. The van der Waals surface area contributed by atoms with Crippen molar-refractivity contribution in [3.05, 3.63) is 42.6 Å². The van der Waals surface area contributed by atoms with Gasteiger partial charge in [0.15, 0.2) is 0 Å². The number of hydrogen-bond donors (Lipinski definition) is 0. The van der Waals surface area contributed by atoms with Gasteiger partial charge < -0.3 is 13.8 Å². The van der Waals surface area contributed by atoms with Crippen molar-refractivity contribution in [2.75, 3.05) is 7.11 Å². The van der Waals surface area contributed by atoms with Gasteiger partial charge in [-0.05, 0) is 58.0 Å². The molecule has 0 radical (unpaired) electrons. The molecule has 0 fully saturated rings. The lowest BCUT2D eigenvalue weighted by atomic mass is 10.1. The number of ether oxygens (including phenoxy) is 1. The van der Waals surface area contributed by atoms with Crippen molar-refractivity contribution in [2.24, 2.45) is 0 Å². The van der Waals surface area contributed by atoms with E-state index in [1.54, 1.807) is 19.4 Å². The minimum Gasteiger partial charge on any atom is -0.497 e. The summed E-state index contributed by atoms with van der Waals surface area (Å²) < 4.78 is 30.4. The zero-order chi connectivity index (χ0) is 17.7. The van der Waals surface area contributed by atoms with E-state index in [9.17, 15) is 4.57 Å². The molecule has 0 spiro atoms. The first-order valence-electron chi connectivity index (χ1n) is 7.92. The van der Waals surface area contributed by atoms with E-state index in [0.717, 1.165) is 0 Å². The summed E-state index contributed by atoms with van der Waals surface area (Å²) >= 11 is 0. The van der Waals surface area contributed by atoms with Gasteiger partial charge in [-0.25, -0.2) is 0 Å². The van der Waals surface area contributed by atoms with Crippen molar-refractivity contribution < 1.29 is 18.3 Å². The zero-order valence-electron chi connectivity index (χ0n) is 14.7. The Balaban J connectivity index is 2.65. The molecule has 6 heteroatoms. The van der Waals surface area contributed by atoms with Crippen LogP contribution in [0.1, 0.15) is 27.7 Å². The second kappa shape index (κ2) is 7.93. The van der Waals surface area contributed by atoms with Gasteiger partial charge in [0.1, 0.15) is 5.75 Å². The lowest BCUT2D eigenvalue weighted by Gasteiger charge is -2.25. The molecule has 130 valence electrons. The van der Waals surface area contributed by atoms with Crippen LogP contribution < -0.4 is 10.0 Å². The van der Waals surface area contributed by atoms with Gasteiger partial charge in [0.05, 0.1) is 30.3 Å². The molecule has 2 aromatic rings. The van der Waals surface area contributed by atoms with Crippen LogP contribution >= 0.6 is 7.60 Å². The molecule has 1 heterocycles. The highest BCUT2D eigenvalue weighted by Crippen LogP contribution is 2.51. The summed E-state index contributed by atoms with van der Waals surface area (Å²) in [5.74, 6) is 0.588. The van der Waals surface area contributed by atoms with E-state index in [1.165, 1.54) is 0 Å². The van der Waals surface area contributed by atoms with E-state index in [-0.39, 0.29) is 12.2 Å². The Morgan fingerprint density at radius 2 is 1.67 bits per heavy atom. The number of aromatic nitrogens is 1. The molecular weight excluding hydrogens is 325 g/mol.